The van der Waals surface area contributed by atoms with Crippen molar-refractivity contribution in [1.82, 2.24) is 5.32 Å². The van der Waals surface area contributed by atoms with Crippen LogP contribution in [0.15, 0.2) is 23.2 Å². The van der Waals surface area contributed by atoms with Gasteiger partial charge in [-0.25, -0.2) is 0 Å². The highest BCUT2D eigenvalue weighted by molar-refractivity contribution is 5.99. The quantitative estimate of drug-likeness (QED) is 0.892. The molecule has 0 atom stereocenters. The molecule has 0 bridgehead atoms. The summed E-state index contributed by atoms with van der Waals surface area (Å²) in [6, 6.07) is 6.39. The van der Waals surface area contributed by atoms with Crippen molar-refractivity contribution in [2.24, 2.45) is 4.99 Å². The van der Waals surface area contributed by atoms with Gasteiger partial charge in [0.1, 0.15) is 5.84 Å². The number of anilines is 1. The Morgan fingerprint density at radius 3 is 2.95 bits per heavy atom. The van der Waals surface area contributed by atoms with Crippen LogP contribution in [0.25, 0.3) is 0 Å². The second kappa shape index (κ2) is 5.03. The largest absolute Gasteiger partial charge is 0.370 e. The first-order valence-corrected chi connectivity index (χ1v) is 6.91. The van der Waals surface area contributed by atoms with Gasteiger partial charge in [0.15, 0.2) is 0 Å². The standard InChI is InChI=1S/C15H19N3O/c1-11(19)18(10-15-16-7-8-17-15)14-6-5-12-3-2-4-13(12)9-14/h5-6,9H,2-4,7-8,10H2,1H3,(H,16,17). The number of nitrogens with one attached hydrogen (secondary N) is 1. The first-order valence-electron chi connectivity index (χ1n) is 6.91. The van der Waals surface area contributed by atoms with Crippen molar-refractivity contribution in [2.45, 2.75) is 26.2 Å². The monoisotopic (exact) mass is 257 g/mol. The van der Waals surface area contributed by atoms with Crippen molar-refractivity contribution >= 4 is 17.4 Å². The normalized spacial score (nSPS) is 16.8. The summed E-state index contributed by atoms with van der Waals surface area (Å²) in [6.45, 7) is 3.85. The van der Waals surface area contributed by atoms with Crippen LogP contribution in [0.5, 0.6) is 0 Å². The van der Waals surface area contributed by atoms with Crippen molar-refractivity contribution < 1.29 is 4.79 Å². The number of amidine groups is 1. The van der Waals surface area contributed by atoms with E-state index in [4.69, 9.17) is 0 Å². The number of hydrogen-bond acceptors (Lipinski definition) is 3. The highest BCUT2D eigenvalue weighted by Gasteiger charge is 2.18. The molecular weight excluding hydrogens is 238 g/mol. The van der Waals surface area contributed by atoms with Gasteiger partial charge in [0.2, 0.25) is 5.91 Å². The molecule has 0 aromatic heterocycles. The number of fused-ring (bicyclic) bond motifs is 1. The minimum atomic E-state index is 0.0642. The zero-order chi connectivity index (χ0) is 13.2. The molecule has 0 spiro atoms. The third kappa shape index (κ3) is 2.48. The maximum Gasteiger partial charge on any atom is 0.224 e. The van der Waals surface area contributed by atoms with E-state index in [9.17, 15) is 4.79 Å². The molecule has 0 saturated carbocycles. The van der Waals surface area contributed by atoms with Gasteiger partial charge in [-0.3, -0.25) is 9.79 Å². The van der Waals surface area contributed by atoms with E-state index in [1.165, 1.54) is 24.0 Å². The minimum absolute atomic E-state index is 0.0642. The van der Waals surface area contributed by atoms with Crippen molar-refractivity contribution in [2.75, 3.05) is 24.5 Å². The number of nitrogens with zero attached hydrogens (tertiary/aromatic N) is 2. The fourth-order valence-corrected chi connectivity index (χ4v) is 2.81. The summed E-state index contributed by atoms with van der Waals surface area (Å²) in [5, 5.41) is 3.22. The Morgan fingerprint density at radius 1 is 1.37 bits per heavy atom. The van der Waals surface area contributed by atoms with E-state index >= 15 is 0 Å². The van der Waals surface area contributed by atoms with Gasteiger partial charge in [-0.2, -0.15) is 0 Å². The molecule has 100 valence electrons. The average molecular weight is 257 g/mol. The van der Waals surface area contributed by atoms with Crippen LogP contribution >= 0.6 is 0 Å². The third-order valence-electron chi connectivity index (χ3n) is 3.83. The molecule has 2 aliphatic rings. The molecule has 0 radical (unpaired) electrons. The highest BCUT2D eigenvalue weighted by atomic mass is 16.2. The fraction of sp³-hybridized carbons (Fsp3) is 0.467. The van der Waals surface area contributed by atoms with Gasteiger partial charge in [-0.05, 0) is 42.5 Å². The minimum Gasteiger partial charge on any atom is -0.370 e. The number of rotatable bonds is 3. The summed E-state index contributed by atoms with van der Waals surface area (Å²) in [5.74, 6) is 0.977. The molecule has 1 heterocycles. The molecule has 4 nitrogen and oxygen atoms in total. The lowest BCUT2D eigenvalue weighted by molar-refractivity contribution is -0.116. The van der Waals surface area contributed by atoms with Crippen LogP contribution in [0.1, 0.15) is 24.5 Å². The van der Waals surface area contributed by atoms with Gasteiger partial charge in [0, 0.05) is 19.2 Å². The molecule has 1 aliphatic heterocycles. The SMILES string of the molecule is CC(=O)N(CC1=NCCN1)c1ccc2c(c1)CCC2. The van der Waals surface area contributed by atoms with E-state index in [1.54, 1.807) is 11.8 Å². The van der Waals surface area contributed by atoms with Gasteiger partial charge < -0.3 is 10.2 Å². The summed E-state index contributed by atoms with van der Waals surface area (Å²) >= 11 is 0. The Bertz CT molecular complexity index is 536. The molecule has 1 aliphatic carbocycles. The van der Waals surface area contributed by atoms with Crippen LogP contribution in [0.3, 0.4) is 0 Å². The Hall–Kier alpha value is -1.84. The number of aryl methyl sites for hydroxylation is 2. The Labute approximate surface area is 113 Å². The summed E-state index contributed by atoms with van der Waals surface area (Å²) < 4.78 is 0. The number of aliphatic imine (C=N–C) groups is 1. The zero-order valence-electron chi connectivity index (χ0n) is 11.3. The Balaban J connectivity index is 1.85. The highest BCUT2D eigenvalue weighted by Crippen LogP contribution is 2.27. The van der Waals surface area contributed by atoms with Gasteiger partial charge in [0.25, 0.3) is 0 Å². The lowest BCUT2D eigenvalue weighted by atomic mass is 10.1. The Kier molecular flexibility index (Phi) is 3.23. The number of benzene rings is 1. The van der Waals surface area contributed by atoms with E-state index in [2.05, 4.69) is 28.5 Å². The fourth-order valence-electron chi connectivity index (χ4n) is 2.81. The summed E-state index contributed by atoms with van der Waals surface area (Å²) in [7, 11) is 0. The topological polar surface area (TPSA) is 44.7 Å². The van der Waals surface area contributed by atoms with E-state index in [-0.39, 0.29) is 5.91 Å². The molecule has 0 saturated heterocycles. The maximum atomic E-state index is 11.9. The van der Waals surface area contributed by atoms with Crippen LogP contribution in [-0.4, -0.2) is 31.4 Å². The summed E-state index contributed by atoms with van der Waals surface area (Å²) in [5.41, 5.74) is 3.82. The predicted molar refractivity (Wildman–Crippen MR) is 76.8 cm³/mol. The van der Waals surface area contributed by atoms with Gasteiger partial charge in [0.05, 0.1) is 13.1 Å². The predicted octanol–water partition coefficient (Wildman–Crippen LogP) is 1.53. The molecule has 19 heavy (non-hydrogen) atoms. The number of carbonyl (C=O) groups excluding carboxylic acids is 1. The zero-order valence-corrected chi connectivity index (χ0v) is 11.3. The first-order chi connectivity index (χ1) is 9.24. The lowest BCUT2D eigenvalue weighted by Crippen LogP contribution is -2.38. The van der Waals surface area contributed by atoms with E-state index in [0.717, 1.165) is 31.0 Å². The van der Waals surface area contributed by atoms with Crippen molar-refractivity contribution in [1.29, 1.82) is 0 Å². The molecule has 0 fully saturated rings. The molecule has 4 heteroatoms. The van der Waals surface area contributed by atoms with E-state index in [1.807, 2.05) is 0 Å². The van der Waals surface area contributed by atoms with Crippen LogP contribution < -0.4 is 10.2 Å². The lowest BCUT2D eigenvalue weighted by Gasteiger charge is -2.22. The maximum absolute atomic E-state index is 11.9. The number of carbonyl (C=O) groups is 1. The molecule has 1 aromatic carbocycles. The molecule has 1 aromatic rings. The van der Waals surface area contributed by atoms with Crippen molar-refractivity contribution in [3.63, 3.8) is 0 Å². The first kappa shape index (κ1) is 12.2. The number of hydrogen-bond donors (Lipinski definition) is 1. The van der Waals surface area contributed by atoms with Crippen molar-refractivity contribution in [3.8, 4) is 0 Å². The van der Waals surface area contributed by atoms with Gasteiger partial charge in [-0.1, -0.05) is 6.07 Å². The van der Waals surface area contributed by atoms with E-state index < -0.39 is 0 Å². The molecule has 0 unspecified atom stereocenters. The van der Waals surface area contributed by atoms with Crippen LogP contribution in [0, 0.1) is 0 Å². The van der Waals surface area contributed by atoms with Crippen molar-refractivity contribution in [3.05, 3.63) is 29.3 Å². The van der Waals surface area contributed by atoms with Gasteiger partial charge >= 0.3 is 0 Å². The third-order valence-corrected chi connectivity index (χ3v) is 3.83. The number of amides is 1. The molecular formula is C15H19N3O. The second-order valence-corrected chi connectivity index (χ2v) is 5.17. The van der Waals surface area contributed by atoms with E-state index in [0.29, 0.717) is 6.54 Å². The second-order valence-electron chi connectivity index (χ2n) is 5.17. The summed E-state index contributed by atoms with van der Waals surface area (Å²) in [6.07, 6.45) is 3.53. The summed E-state index contributed by atoms with van der Waals surface area (Å²) in [4.78, 5) is 18.0. The smallest absolute Gasteiger partial charge is 0.224 e. The van der Waals surface area contributed by atoms with Gasteiger partial charge in [-0.15, -0.1) is 0 Å². The molecule has 1 amide bonds. The van der Waals surface area contributed by atoms with Crippen LogP contribution in [0.4, 0.5) is 5.69 Å². The Morgan fingerprint density at radius 2 is 2.21 bits per heavy atom. The average Bonchev–Trinajstić information content (AvgIpc) is 3.05. The van der Waals surface area contributed by atoms with Crippen LogP contribution in [-0.2, 0) is 17.6 Å². The molecule has 3 rings (SSSR count). The van der Waals surface area contributed by atoms with Crippen LogP contribution in [0.2, 0.25) is 0 Å². The molecule has 1 N–H and O–H groups in total.